The normalized spacial score (nSPS) is 11.6. The second kappa shape index (κ2) is 8.16. The van der Waals surface area contributed by atoms with Crippen molar-refractivity contribution in [2.75, 3.05) is 0 Å². The standard InChI is InChI=1S/C26H25N5O2/c1-17(2)15-30-24-22(25(32)29(3)26(30)33)23(19-11-7-13-27-14-19)31(28-24)16-20-10-6-9-18-8-4-5-12-21(18)20/h4-14,17H,15-16H2,1-3H3. The second-order valence-electron chi connectivity index (χ2n) is 8.74. The van der Waals surface area contributed by atoms with E-state index < -0.39 is 0 Å². The molecule has 5 aromatic rings. The molecule has 33 heavy (non-hydrogen) atoms. The van der Waals surface area contributed by atoms with Gasteiger partial charge in [0, 0.05) is 31.5 Å². The van der Waals surface area contributed by atoms with Gasteiger partial charge in [-0.25, -0.2) is 4.79 Å². The maximum Gasteiger partial charge on any atom is 0.332 e. The van der Waals surface area contributed by atoms with Gasteiger partial charge in [0.1, 0.15) is 5.39 Å². The van der Waals surface area contributed by atoms with E-state index in [0.29, 0.717) is 29.8 Å². The summed E-state index contributed by atoms with van der Waals surface area (Å²) in [4.78, 5) is 30.6. The molecule has 0 amide bonds. The lowest BCUT2D eigenvalue weighted by atomic mass is 10.0. The first-order chi connectivity index (χ1) is 16.0. The first kappa shape index (κ1) is 20.9. The lowest BCUT2D eigenvalue weighted by Gasteiger charge is -2.11. The zero-order chi connectivity index (χ0) is 23.1. The fraction of sp³-hybridized carbons (Fsp3) is 0.231. The molecule has 3 aromatic heterocycles. The van der Waals surface area contributed by atoms with E-state index in [1.54, 1.807) is 17.0 Å². The Morgan fingerprint density at radius 1 is 0.970 bits per heavy atom. The fourth-order valence-corrected chi connectivity index (χ4v) is 4.39. The largest absolute Gasteiger partial charge is 0.332 e. The van der Waals surface area contributed by atoms with Gasteiger partial charge in [0.25, 0.3) is 5.56 Å². The third-order valence-electron chi connectivity index (χ3n) is 5.91. The highest BCUT2D eigenvalue weighted by Crippen LogP contribution is 2.28. The molecule has 0 atom stereocenters. The predicted octanol–water partition coefficient (Wildman–Crippen LogP) is 3.82. The Morgan fingerprint density at radius 3 is 2.52 bits per heavy atom. The van der Waals surface area contributed by atoms with Crippen LogP contribution in [-0.2, 0) is 20.1 Å². The smallest absolute Gasteiger partial charge is 0.276 e. The molecular formula is C26H25N5O2. The van der Waals surface area contributed by atoms with E-state index in [4.69, 9.17) is 5.10 Å². The lowest BCUT2D eigenvalue weighted by Crippen LogP contribution is -2.38. The molecule has 7 nitrogen and oxygen atoms in total. The summed E-state index contributed by atoms with van der Waals surface area (Å²) in [7, 11) is 1.52. The van der Waals surface area contributed by atoms with Crippen molar-refractivity contribution in [1.82, 2.24) is 23.9 Å². The molecule has 5 rings (SSSR count). The van der Waals surface area contributed by atoms with Crippen LogP contribution in [0.2, 0.25) is 0 Å². The van der Waals surface area contributed by atoms with E-state index in [2.05, 4.69) is 29.2 Å². The van der Waals surface area contributed by atoms with Crippen LogP contribution in [-0.4, -0.2) is 23.9 Å². The van der Waals surface area contributed by atoms with E-state index in [0.717, 1.165) is 21.9 Å². The van der Waals surface area contributed by atoms with Crippen LogP contribution in [0, 0.1) is 5.92 Å². The van der Waals surface area contributed by atoms with Crippen molar-refractivity contribution < 1.29 is 0 Å². The van der Waals surface area contributed by atoms with Gasteiger partial charge in [-0.2, -0.15) is 5.10 Å². The lowest BCUT2D eigenvalue weighted by molar-refractivity contribution is 0.498. The van der Waals surface area contributed by atoms with Crippen LogP contribution in [0.1, 0.15) is 19.4 Å². The molecule has 0 N–H and O–H groups in total. The Morgan fingerprint density at radius 2 is 1.76 bits per heavy atom. The van der Waals surface area contributed by atoms with E-state index in [1.807, 2.05) is 48.9 Å². The molecule has 7 heteroatoms. The molecule has 166 valence electrons. The average Bonchev–Trinajstić information content (AvgIpc) is 3.20. The van der Waals surface area contributed by atoms with Gasteiger partial charge < -0.3 is 0 Å². The molecule has 0 fully saturated rings. The number of hydrogen-bond acceptors (Lipinski definition) is 4. The van der Waals surface area contributed by atoms with Gasteiger partial charge in [-0.15, -0.1) is 0 Å². The van der Waals surface area contributed by atoms with Gasteiger partial charge in [-0.05, 0) is 34.4 Å². The zero-order valence-corrected chi connectivity index (χ0v) is 18.9. The van der Waals surface area contributed by atoms with Crippen LogP contribution in [0.4, 0.5) is 0 Å². The summed E-state index contributed by atoms with van der Waals surface area (Å²) in [6.07, 6.45) is 3.43. The van der Waals surface area contributed by atoms with Gasteiger partial charge in [0.15, 0.2) is 5.65 Å². The van der Waals surface area contributed by atoms with Crippen molar-refractivity contribution in [3.05, 3.63) is 93.4 Å². The zero-order valence-electron chi connectivity index (χ0n) is 18.9. The predicted molar refractivity (Wildman–Crippen MR) is 130 cm³/mol. The molecule has 3 heterocycles. The van der Waals surface area contributed by atoms with E-state index in [-0.39, 0.29) is 17.2 Å². The molecule has 0 spiro atoms. The van der Waals surface area contributed by atoms with E-state index >= 15 is 0 Å². The first-order valence-electron chi connectivity index (χ1n) is 11.0. The van der Waals surface area contributed by atoms with Gasteiger partial charge in [-0.1, -0.05) is 56.3 Å². The third-order valence-corrected chi connectivity index (χ3v) is 5.91. The maximum atomic E-state index is 13.3. The molecule has 0 saturated carbocycles. The Hall–Kier alpha value is -4.00. The van der Waals surface area contributed by atoms with Crippen LogP contribution in [0.15, 0.2) is 76.6 Å². The molecule has 0 aliphatic heterocycles. The fourth-order valence-electron chi connectivity index (χ4n) is 4.39. The van der Waals surface area contributed by atoms with Crippen molar-refractivity contribution in [1.29, 1.82) is 0 Å². The maximum absolute atomic E-state index is 13.3. The number of pyridine rings is 1. The summed E-state index contributed by atoms with van der Waals surface area (Å²) < 4.78 is 4.62. The molecule has 0 aliphatic carbocycles. The summed E-state index contributed by atoms with van der Waals surface area (Å²) in [5.41, 5.74) is 2.25. The summed E-state index contributed by atoms with van der Waals surface area (Å²) in [5.74, 6) is 0.216. The molecule has 0 radical (unpaired) electrons. The monoisotopic (exact) mass is 439 g/mol. The summed E-state index contributed by atoms with van der Waals surface area (Å²) in [6, 6.07) is 18.1. The quantitative estimate of drug-likeness (QED) is 0.417. The minimum Gasteiger partial charge on any atom is -0.276 e. The van der Waals surface area contributed by atoms with E-state index in [9.17, 15) is 9.59 Å². The number of rotatable bonds is 5. The Bertz CT molecular complexity index is 1590. The van der Waals surface area contributed by atoms with E-state index in [1.165, 1.54) is 11.6 Å². The van der Waals surface area contributed by atoms with Crippen LogP contribution >= 0.6 is 0 Å². The van der Waals surface area contributed by atoms with Crippen LogP contribution < -0.4 is 11.2 Å². The first-order valence-corrected chi connectivity index (χ1v) is 11.0. The molecule has 0 saturated heterocycles. The topological polar surface area (TPSA) is 74.7 Å². The minimum absolute atomic E-state index is 0.216. The number of nitrogens with zero attached hydrogens (tertiary/aromatic N) is 5. The number of benzene rings is 2. The van der Waals surface area contributed by atoms with Gasteiger partial charge in [0.2, 0.25) is 0 Å². The molecule has 2 aromatic carbocycles. The van der Waals surface area contributed by atoms with Crippen LogP contribution in [0.5, 0.6) is 0 Å². The van der Waals surface area contributed by atoms with Gasteiger partial charge in [0.05, 0.1) is 12.2 Å². The van der Waals surface area contributed by atoms with Crippen molar-refractivity contribution in [3.63, 3.8) is 0 Å². The number of hydrogen-bond donors (Lipinski definition) is 0. The third kappa shape index (κ3) is 3.55. The SMILES string of the molecule is CC(C)Cn1c(=O)n(C)c(=O)c2c(-c3cccnc3)n(Cc3cccc4ccccc34)nc21. The van der Waals surface area contributed by atoms with Crippen molar-refractivity contribution in [3.8, 4) is 11.3 Å². The minimum atomic E-state index is -0.353. The Kier molecular flexibility index (Phi) is 5.17. The Balaban J connectivity index is 1.84. The number of aromatic nitrogens is 5. The van der Waals surface area contributed by atoms with Crippen molar-refractivity contribution >= 4 is 21.8 Å². The van der Waals surface area contributed by atoms with Gasteiger partial charge in [-0.3, -0.25) is 23.6 Å². The summed E-state index contributed by atoms with van der Waals surface area (Å²) in [5, 5.41) is 7.55. The Labute approximate surface area is 190 Å². The van der Waals surface area contributed by atoms with Crippen molar-refractivity contribution in [2.24, 2.45) is 13.0 Å². The number of fused-ring (bicyclic) bond motifs is 2. The molecule has 0 unspecified atom stereocenters. The highest BCUT2D eigenvalue weighted by atomic mass is 16.2. The summed E-state index contributed by atoms with van der Waals surface area (Å²) in [6.45, 7) is 5.01. The molecular weight excluding hydrogens is 414 g/mol. The van der Waals surface area contributed by atoms with Crippen molar-refractivity contribution in [2.45, 2.75) is 26.9 Å². The second-order valence-corrected chi connectivity index (χ2v) is 8.74. The molecule has 0 bridgehead atoms. The average molecular weight is 440 g/mol. The van der Waals surface area contributed by atoms with Gasteiger partial charge >= 0.3 is 5.69 Å². The highest BCUT2D eigenvalue weighted by Gasteiger charge is 2.23. The van der Waals surface area contributed by atoms with Crippen LogP contribution in [0.3, 0.4) is 0 Å². The summed E-state index contributed by atoms with van der Waals surface area (Å²) >= 11 is 0. The highest BCUT2D eigenvalue weighted by molar-refractivity contribution is 5.91. The van der Waals surface area contributed by atoms with Crippen LogP contribution in [0.25, 0.3) is 33.1 Å². The molecule has 0 aliphatic rings.